The van der Waals surface area contributed by atoms with Gasteiger partial charge in [0.05, 0.1) is 12.7 Å². The van der Waals surface area contributed by atoms with E-state index in [1.54, 1.807) is 0 Å². The molecule has 1 aromatic rings. The van der Waals surface area contributed by atoms with Crippen molar-refractivity contribution in [2.45, 2.75) is 0 Å². The van der Waals surface area contributed by atoms with Gasteiger partial charge in [0.25, 0.3) is 0 Å². The fraction of sp³-hybridized carbons (Fsp3) is 0.222. The van der Waals surface area contributed by atoms with E-state index < -0.39 is 18.7 Å². The van der Waals surface area contributed by atoms with E-state index >= 15 is 0 Å². The van der Waals surface area contributed by atoms with Gasteiger partial charge >= 0.3 is 11.9 Å². The summed E-state index contributed by atoms with van der Waals surface area (Å²) in [5.41, 5.74) is -0.183. The summed E-state index contributed by atoms with van der Waals surface area (Å²) in [6, 6.07) is 2.87. The summed E-state index contributed by atoms with van der Waals surface area (Å²) in [6.45, 7) is -0.768. The molecule has 1 aromatic heterocycles. The van der Waals surface area contributed by atoms with Crippen molar-refractivity contribution in [2.24, 2.45) is 0 Å². The minimum Gasteiger partial charge on any atom is -0.465 e. The van der Waals surface area contributed by atoms with E-state index in [4.69, 9.17) is 5.11 Å². The van der Waals surface area contributed by atoms with Gasteiger partial charge in [-0.05, 0) is 12.1 Å². The molecule has 0 aliphatic heterocycles. The van der Waals surface area contributed by atoms with Crippen LogP contribution in [0.2, 0.25) is 0 Å². The Morgan fingerprint density at radius 3 is 2.80 bits per heavy atom. The van der Waals surface area contributed by atoms with Crippen LogP contribution >= 0.6 is 0 Å². The predicted octanol–water partition coefficient (Wildman–Crippen LogP) is -0.0252. The molecule has 0 fully saturated rings. The number of hydrogen-bond donors (Lipinski definition) is 1. The average molecular weight is 211 g/mol. The number of ether oxygens (including phenoxy) is 2. The van der Waals surface area contributed by atoms with E-state index in [0.717, 1.165) is 0 Å². The minimum absolute atomic E-state index is 0.00144. The first-order valence-electron chi connectivity index (χ1n) is 4.02. The zero-order chi connectivity index (χ0) is 11.3. The van der Waals surface area contributed by atoms with Crippen LogP contribution in [0.15, 0.2) is 18.3 Å². The summed E-state index contributed by atoms with van der Waals surface area (Å²) in [5, 5.41) is 8.40. The fourth-order valence-corrected chi connectivity index (χ4v) is 0.970. The molecule has 0 amide bonds. The molecular weight excluding hydrogens is 202 g/mol. The lowest BCUT2D eigenvalue weighted by Gasteiger charge is -2.04. The Hall–Kier alpha value is -1.95. The second-order valence-corrected chi connectivity index (χ2v) is 2.45. The third kappa shape index (κ3) is 2.50. The lowest BCUT2D eigenvalue weighted by atomic mass is 10.2. The molecule has 0 aliphatic rings. The zero-order valence-corrected chi connectivity index (χ0v) is 7.97. The predicted molar refractivity (Wildman–Crippen MR) is 48.1 cm³/mol. The molecule has 0 aliphatic carbocycles. The third-order valence-corrected chi connectivity index (χ3v) is 1.60. The smallest absolute Gasteiger partial charge is 0.359 e. The van der Waals surface area contributed by atoms with E-state index in [9.17, 15) is 9.59 Å². The van der Waals surface area contributed by atoms with Crippen LogP contribution in [-0.2, 0) is 9.47 Å². The Balaban J connectivity index is 3.06. The molecule has 0 saturated heterocycles. The number of aliphatic hydroxyl groups is 1. The summed E-state index contributed by atoms with van der Waals surface area (Å²) >= 11 is 0. The Labute approximate surface area is 85.5 Å². The molecule has 0 spiro atoms. The molecule has 6 heteroatoms. The highest BCUT2D eigenvalue weighted by atomic mass is 16.6. The molecule has 0 atom stereocenters. The van der Waals surface area contributed by atoms with Gasteiger partial charge < -0.3 is 14.6 Å². The summed E-state index contributed by atoms with van der Waals surface area (Å²) in [6.07, 6.45) is 1.33. The van der Waals surface area contributed by atoms with Gasteiger partial charge in [-0.3, -0.25) is 0 Å². The standard InChI is InChI=1S/C9H9NO5/c1-14-8(12)6-3-2-4-10-7(6)9(13)15-5-11/h2-4,11H,5H2,1H3. The summed E-state index contributed by atoms with van der Waals surface area (Å²) in [4.78, 5) is 26.1. The SMILES string of the molecule is COC(=O)c1cccnc1C(=O)OCO. The summed E-state index contributed by atoms with van der Waals surface area (Å²) in [5.74, 6) is -1.56. The van der Waals surface area contributed by atoms with Gasteiger partial charge in [-0.1, -0.05) is 0 Å². The third-order valence-electron chi connectivity index (χ3n) is 1.60. The first-order chi connectivity index (χ1) is 7.20. The number of carbonyl (C=O) groups is 2. The Kier molecular flexibility index (Phi) is 3.75. The highest BCUT2D eigenvalue weighted by Crippen LogP contribution is 2.08. The zero-order valence-electron chi connectivity index (χ0n) is 7.97. The van der Waals surface area contributed by atoms with Crippen molar-refractivity contribution >= 4 is 11.9 Å². The monoisotopic (exact) mass is 211 g/mol. The van der Waals surface area contributed by atoms with Crippen molar-refractivity contribution < 1.29 is 24.2 Å². The first kappa shape index (κ1) is 11.1. The van der Waals surface area contributed by atoms with Gasteiger partial charge in [0.1, 0.15) is 0 Å². The summed E-state index contributed by atoms with van der Waals surface area (Å²) < 4.78 is 8.77. The number of pyridine rings is 1. The van der Waals surface area contributed by atoms with Crippen molar-refractivity contribution in [2.75, 3.05) is 13.9 Å². The number of esters is 2. The van der Waals surface area contributed by atoms with Crippen LogP contribution in [0, 0.1) is 0 Å². The average Bonchev–Trinajstić information content (AvgIpc) is 2.28. The van der Waals surface area contributed by atoms with Gasteiger partial charge in [-0.2, -0.15) is 0 Å². The fourth-order valence-electron chi connectivity index (χ4n) is 0.970. The Morgan fingerprint density at radius 2 is 2.20 bits per heavy atom. The number of carbonyl (C=O) groups excluding carboxylic acids is 2. The van der Waals surface area contributed by atoms with Crippen molar-refractivity contribution in [3.8, 4) is 0 Å². The largest absolute Gasteiger partial charge is 0.465 e. The molecule has 0 saturated carbocycles. The van der Waals surface area contributed by atoms with Crippen molar-refractivity contribution in [1.82, 2.24) is 4.98 Å². The van der Waals surface area contributed by atoms with Gasteiger partial charge in [0.15, 0.2) is 12.5 Å². The molecular formula is C9H9NO5. The number of hydrogen-bond acceptors (Lipinski definition) is 6. The molecule has 15 heavy (non-hydrogen) atoms. The van der Waals surface area contributed by atoms with Crippen LogP contribution in [0.4, 0.5) is 0 Å². The molecule has 1 rings (SSSR count). The maximum atomic E-state index is 11.2. The Bertz CT molecular complexity index is 377. The molecule has 0 aromatic carbocycles. The van der Waals surface area contributed by atoms with Crippen LogP contribution in [0.5, 0.6) is 0 Å². The second kappa shape index (κ2) is 5.06. The molecule has 0 bridgehead atoms. The van der Waals surface area contributed by atoms with E-state index in [2.05, 4.69) is 14.5 Å². The van der Waals surface area contributed by atoms with E-state index in [1.807, 2.05) is 0 Å². The molecule has 0 unspecified atom stereocenters. The highest BCUT2D eigenvalue weighted by Gasteiger charge is 2.19. The maximum absolute atomic E-state index is 11.2. The first-order valence-corrected chi connectivity index (χ1v) is 4.02. The minimum atomic E-state index is -0.876. The number of methoxy groups -OCH3 is 1. The number of aliphatic hydroxyl groups excluding tert-OH is 1. The van der Waals surface area contributed by atoms with E-state index in [-0.39, 0.29) is 11.3 Å². The summed E-state index contributed by atoms with van der Waals surface area (Å²) in [7, 11) is 1.19. The second-order valence-electron chi connectivity index (χ2n) is 2.45. The normalized spacial score (nSPS) is 9.47. The topological polar surface area (TPSA) is 85.7 Å². The van der Waals surface area contributed by atoms with Gasteiger partial charge in [0.2, 0.25) is 0 Å². The van der Waals surface area contributed by atoms with Gasteiger partial charge in [-0.25, -0.2) is 14.6 Å². The van der Waals surface area contributed by atoms with Gasteiger partial charge in [0, 0.05) is 6.20 Å². The quantitative estimate of drug-likeness (QED) is 0.558. The lowest BCUT2D eigenvalue weighted by molar-refractivity contribution is 0.00583. The van der Waals surface area contributed by atoms with Crippen LogP contribution in [0.1, 0.15) is 20.8 Å². The van der Waals surface area contributed by atoms with Crippen molar-refractivity contribution in [3.05, 3.63) is 29.6 Å². The van der Waals surface area contributed by atoms with E-state index in [0.29, 0.717) is 0 Å². The molecule has 6 nitrogen and oxygen atoms in total. The highest BCUT2D eigenvalue weighted by molar-refractivity contribution is 6.01. The molecule has 1 N–H and O–H groups in total. The lowest BCUT2D eigenvalue weighted by Crippen LogP contribution is -2.15. The van der Waals surface area contributed by atoms with Crippen LogP contribution in [0.25, 0.3) is 0 Å². The van der Waals surface area contributed by atoms with Crippen LogP contribution < -0.4 is 0 Å². The molecule has 1 heterocycles. The molecule has 80 valence electrons. The number of nitrogens with zero attached hydrogens (tertiary/aromatic N) is 1. The molecule has 0 radical (unpaired) electrons. The van der Waals surface area contributed by atoms with Crippen molar-refractivity contribution in [3.63, 3.8) is 0 Å². The maximum Gasteiger partial charge on any atom is 0.359 e. The van der Waals surface area contributed by atoms with Gasteiger partial charge in [-0.15, -0.1) is 0 Å². The van der Waals surface area contributed by atoms with Crippen LogP contribution in [-0.4, -0.2) is 35.9 Å². The van der Waals surface area contributed by atoms with Crippen LogP contribution in [0.3, 0.4) is 0 Å². The van der Waals surface area contributed by atoms with Crippen molar-refractivity contribution in [1.29, 1.82) is 0 Å². The number of aromatic nitrogens is 1. The number of rotatable bonds is 3. The van der Waals surface area contributed by atoms with E-state index in [1.165, 1.54) is 25.4 Å². The Morgan fingerprint density at radius 1 is 1.47 bits per heavy atom.